The Kier molecular flexibility index (Phi) is 2.44. The lowest BCUT2D eigenvalue weighted by Crippen LogP contribution is -1.88. The van der Waals surface area contributed by atoms with Crippen molar-refractivity contribution < 1.29 is 5.11 Å². The molecule has 1 heterocycles. The maximum atomic E-state index is 9.05. The summed E-state index contributed by atoms with van der Waals surface area (Å²) < 4.78 is 2.21. The van der Waals surface area contributed by atoms with Gasteiger partial charge >= 0.3 is 0 Å². The Morgan fingerprint density at radius 3 is 2.92 bits per heavy atom. The van der Waals surface area contributed by atoms with Crippen LogP contribution in [0.15, 0.2) is 17.5 Å². The molecule has 0 aliphatic carbocycles. The van der Waals surface area contributed by atoms with Crippen molar-refractivity contribution in [2.24, 2.45) is 0 Å². The minimum Gasteiger partial charge on any atom is -0.398 e. The summed E-state index contributed by atoms with van der Waals surface area (Å²) in [6, 6.07) is 4.02. The molecule has 3 N–H and O–H groups in total. The Morgan fingerprint density at radius 2 is 2.23 bits per heavy atom. The van der Waals surface area contributed by atoms with Crippen LogP contribution in [0.4, 0.5) is 5.69 Å². The summed E-state index contributed by atoms with van der Waals surface area (Å²) in [5.41, 5.74) is 7.57. The molecule has 2 nitrogen and oxygen atoms in total. The molecule has 0 aliphatic rings. The van der Waals surface area contributed by atoms with Crippen molar-refractivity contribution in [3.63, 3.8) is 0 Å². The number of anilines is 1. The van der Waals surface area contributed by atoms with Crippen LogP contribution in [0.25, 0.3) is 10.1 Å². The van der Waals surface area contributed by atoms with Crippen LogP contribution in [0.2, 0.25) is 0 Å². The van der Waals surface area contributed by atoms with Crippen molar-refractivity contribution in [1.82, 2.24) is 0 Å². The summed E-state index contributed by atoms with van der Waals surface area (Å²) >= 11 is 3.82. The van der Waals surface area contributed by atoms with Crippen LogP contribution in [-0.4, -0.2) is 5.11 Å². The number of thiophene rings is 1. The number of hydrogen-bond donors (Lipinski definition) is 2. The van der Waals surface area contributed by atoms with E-state index < -0.39 is 0 Å². The van der Waals surface area contributed by atoms with Gasteiger partial charge in [0.05, 0.1) is 12.3 Å². The van der Waals surface area contributed by atoms with Gasteiger partial charge in [-0.25, -0.2) is 0 Å². The quantitative estimate of drug-likeness (QED) is 0.796. The van der Waals surface area contributed by atoms with Crippen molar-refractivity contribution in [2.75, 3.05) is 5.73 Å². The van der Waals surface area contributed by atoms with Gasteiger partial charge in [0.15, 0.2) is 0 Å². The third kappa shape index (κ3) is 1.53. The van der Waals surface area contributed by atoms with Gasteiger partial charge in [0.1, 0.15) is 0 Å². The third-order valence-corrected chi connectivity index (χ3v) is 3.91. The first-order valence-corrected chi connectivity index (χ1v) is 5.74. The van der Waals surface area contributed by atoms with E-state index >= 15 is 0 Å². The van der Waals surface area contributed by atoms with Crippen LogP contribution in [0, 0.1) is 3.57 Å². The standard InChI is InChI=1S/C9H8INOS/c10-7-2-6-8(11)4-13-9(6)1-5(7)3-12/h1-2,4,12H,3,11H2. The number of hydrogen-bond acceptors (Lipinski definition) is 3. The summed E-state index contributed by atoms with van der Waals surface area (Å²) in [4.78, 5) is 0. The monoisotopic (exact) mass is 305 g/mol. The Labute approximate surface area is 93.5 Å². The van der Waals surface area contributed by atoms with E-state index in [4.69, 9.17) is 10.8 Å². The minimum atomic E-state index is 0.0893. The summed E-state index contributed by atoms with van der Waals surface area (Å²) in [6.45, 7) is 0.0893. The fraction of sp³-hybridized carbons (Fsp3) is 0.111. The first kappa shape index (κ1) is 9.23. The highest BCUT2D eigenvalue weighted by Gasteiger charge is 2.05. The van der Waals surface area contributed by atoms with E-state index in [-0.39, 0.29) is 6.61 Å². The van der Waals surface area contributed by atoms with Crippen LogP contribution in [0.1, 0.15) is 5.56 Å². The number of rotatable bonds is 1. The lowest BCUT2D eigenvalue weighted by Gasteiger charge is -2.00. The highest BCUT2D eigenvalue weighted by Crippen LogP contribution is 2.31. The first-order valence-electron chi connectivity index (χ1n) is 3.78. The summed E-state index contributed by atoms with van der Waals surface area (Å²) in [7, 11) is 0. The smallest absolute Gasteiger partial charge is 0.0692 e. The van der Waals surface area contributed by atoms with Gasteiger partial charge in [-0.2, -0.15) is 0 Å². The maximum Gasteiger partial charge on any atom is 0.0692 e. The largest absolute Gasteiger partial charge is 0.398 e. The molecule has 0 amide bonds. The summed E-state index contributed by atoms with van der Waals surface area (Å²) in [5, 5.41) is 12.1. The molecule has 0 spiro atoms. The molecule has 13 heavy (non-hydrogen) atoms. The van der Waals surface area contributed by atoms with Crippen LogP contribution in [0.3, 0.4) is 0 Å². The van der Waals surface area contributed by atoms with Crippen molar-refractivity contribution in [3.8, 4) is 0 Å². The van der Waals surface area contributed by atoms with E-state index in [0.717, 1.165) is 24.9 Å². The van der Waals surface area contributed by atoms with Gasteiger partial charge in [-0.05, 0) is 40.3 Å². The zero-order valence-corrected chi connectivity index (χ0v) is 9.72. The maximum absolute atomic E-state index is 9.05. The molecule has 0 saturated carbocycles. The number of nitrogens with two attached hydrogens (primary N) is 1. The van der Waals surface area contributed by atoms with E-state index in [9.17, 15) is 0 Å². The molecule has 0 saturated heterocycles. The predicted octanol–water partition coefficient (Wildman–Crippen LogP) is 2.58. The second-order valence-electron chi connectivity index (χ2n) is 2.79. The number of aliphatic hydroxyl groups is 1. The van der Waals surface area contributed by atoms with Crippen LogP contribution >= 0.6 is 33.9 Å². The van der Waals surface area contributed by atoms with Crippen molar-refractivity contribution in [2.45, 2.75) is 6.61 Å². The molecule has 0 radical (unpaired) electrons. The molecule has 0 unspecified atom stereocenters. The second kappa shape index (κ2) is 3.43. The number of fused-ring (bicyclic) bond motifs is 1. The van der Waals surface area contributed by atoms with Gasteiger partial charge in [0.2, 0.25) is 0 Å². The summed E-state index contributed by atoms with van der Waals surface area (Å²) in [5.74, 6) is 0. The molecular weight excluding hydrogens is 297 g/mol. The molecule has 0 fully saturated rings. The molecular formula is C9H8INOS. The minimum absolute atomic E-state index is 0.0893. The molecule has 0 aliphatic heterocycles. The molecule has 0 atom stereocenters. The Bertz CT molecular complexity index is 452. The van der Waals surface area contributed by atoms with E-state index in [1.165, 1.54) is 0 Å². The van der Waals surface area contributed by atoms with Gasteiger partial charge in [-0.15, -0.1) is 11.3 Å². The molecule has 68 valence electrons. The van der Waals surface area contributed by atoms with E-state index in [1.807, 2.05) is 17.5 Å². The Morgan fingerprint density at radius 1 is 1.46 bits per heavy atom. The zero-order chi connectivity index (χ0) is 9.42. The number of benzene rings is 1. The van der Waals surface area contributed by atoms with E-state index in [1.54, 1.807) is 11.3 Å². The van der Waals surface area contributed by atoms with Gasteiger partial charge in [0, 0.05) is 19.0 Å². The number of aliphatic hydroxyl groups excluding tert-OH is 1. The fourth-order valence-corrected chi connectivity index (χ4v) is 2.76. The predicted molar refractivity (Wildman–Crippen MR) is 64.9 cm³/mol. The van der Waals surface area contributed by atoms with Crippen molar-refractivity contribution in [3.05, 3.63) is 26.6 Å². The second-order valence-corrected chi connectivity index (χ2v) is 4.86. The van der Waals surface area contributed by atoms with Crippen LogP contribution in [0.5, 0.6) is 0 Å². The average Bonchev–Trinajstić information content (AvgIpc) is 2.47. The topological polar surface area (TPSA) is 46.2 Å². The zero-order valence-electron chi connectivity index (χ0n) is 6.75. The lowest BCUT2D eigenvalue weighted by atomic mass is 10.2. The average molecular weight is 305 g/mol. The van der Waals surface area contributed by atoms with Crippen LogP contribution in [-0.2, 0) is 6.61 Å². The lowest BCUT2D eigenvalue weighted by molar-refractivity contribution is 0.281. The van der Waals surface area contributed by atoms with Gasteiger partial charge in [-0.3, -0.25) is 0 Å². The third-order valence-electron chi connectivity index (χ3n) is 1.94. The van der Waals surface area contributed by atoms with Gasteiger partial charge in [0.25, 0.3) is 0 Å². The molecule has 1 aromatic heterocycles. The van der Waals surface area contributed by atoms with Crippen molar-refractivity contribution in [1.29, 1.82) is 0 Å². The molecule has 1 aromatic carbocycles. The molecule has 0 bridgehead atoms. The highest BCUT2D eigenvalue weighted by molar-refractivity contribution is 14.1. The van der Waals surface area contributed by atoms with Gasteiger partial charge in [-0.1, -0.05) is 0 Å². The van der Waals surface area contributed by atoms with E-state index in [0.29, 0.717) is 0 Å². The SMILES string of the molecule is Nc1csc2cc(CO)c(I)cc12. The highest BCUT2D eigenvalue weighted by atomic mass is 127. The molecule has 2 aromatic rings. The first-order chi connectivity index (χ1) is 6.22. The van der Waals surface area contributed by atoms with E-state index in [2.05, 4.69) is 22.6 Å². The number of halogens is 1. The van der Waals surface area contributed by atoms with Crippen molar-refractivity contribution >= 4 is 49.7 Å². The summed E-state index contributed by atoms with van der Waals surface area (Å²) in [6.07, 6.45) is 0. The number of nitrogen functional groups attached to an aromatic ring is 1. The Balaban J connectivity index is 2.76. The normalized spacial score (nSPS) is 10.9. The van der Waals surface area contributed by atoms with Crippen LogP contribution < -0.4 is 5.73 Å². The van der Waals surface area contributed by atoms with Gasteiger partial charge < -0.3 is 10.8 Å². The molecule has 2 rings (SSSR count). The fourth-order valence-electron chi connectivity index (χ4n) is 1.23. The molecule has 4 heteroatoms. The Hall–Kier alpha value is -0.330.